The van der Waals surface area contributed by atoms with E-state index in [9.17, 15) is 9.59 Å². The van der Waals surface area contributed by atoms with Gasteiger partial charge in [0.2, 0.25) is 11.8 Å². The van der Waals surface area contributed by atoms with Crippen LogP contribution in [0, 0.1) is 5.92 Å². The van der Waals surface area contributed by atoms with Crippen molar-refractivity contribution in [2.75, 3.05) is 11.4 Å². The van der Waals surface area contributed by atoms with E-state index in [2.05, 4.69) is 21.2 Å². The van der Waals surface area contributed by atoms with Crippen molar-refractivity contribution in [1.82, 2.24) is 5.32 Å². The predicted molar refractivity (Wildman–Crippen MR) is 97.9 cm³/mol. The Morgan fingerprint density at radius 3 is 2.79 bits per heavy atom. The molecule has 0 saturated carbocycles. The lowest BCUT2D eigenvalue weighted by molar-refractivity contribution is -0.132. The normalized spacial score (nSPS) is 17.2. The van der Waals surface area contributed by atoms with Gasteiger partial charge in [0.1, 0.15) is 5.92 Å². The summed E-state index contributed by atoms with van der Waals surface area (Å²) in [5.41, 5.74) is 1.71. The number of halogens is 2. The van der Waals surface area contributed by atoms with E-state index in [1.165, 1.54) is 0 Å². The van der Waals surface area contributed by atoms with Gasteiger partial charge >= 0.3 is 0 Å². The lowest BCUT2D eigenvalue weighted by Gasteiger charge is -2.17. The Balaban J connectivity index is 1.63. The number of hydrogen-bond acceptors (Lipinski definition) is 2. The Kier molecular flexibility index (Phi) is 5.21. The second-order valence-electron chi connectivity index (χ2n) is 5.66. The molecule has 1 aliphatic heterocycles. The topological polar surface area (TPSA) is 49.4 Å². The maximum Gasteiger partial charge on any atom is 0.239 e. The summed E-state index contributed by atoms with van der Waals surface area (Å²) in [7, 11) is 0. The van der Waals surface area contributed by atoms with Crippen molar-refractivity contribution in [2.45, 2.75) is 13.0 Å². The van der Waals surface area contributed by atoms with Crippen molar-refractivity contribution in [3.05, 3.63) is 63.6 Å². The van der Waals surface area contributed by atoms with Crippen molar-refractivity contribution in [1.29, 1.82) is 0 Å². The summed E-state index contributed by atoms with van der Waals surface area (Å²) in [4.78, 5) is 26.5. The maximum absolute atomic E-state index is 12.5. The van der Waals surface area contributed by atoms with Gasteiger partial charge in [0.15, 0.2) is 0 Å². The molecule has 2 aromatic carbocycles. The summed E-state index contributed by atoms with van der Waals surface area (Å²) in [5.74, 6) is -1.05. The summed E-state index contributed by atoms with van der Waals surface area (Å²) in [6.45, 7) is 0.924. The molecule has 124 valence electrons. The van der Waals surface area contributed by atoms with Crippen LogP contribution >= 0.6 is 27.5 Å². The monoisotopic (exact) mass is 406 g/mol. The highest BCUT2D eigenvalue weighted by atomic mass is 79.9. The van der Waals surface area contributed by atoms with Gasteiger partial charge in [-0.2, -0.15) is 0 Å². The molecule has 0 radical (unpaired) electrons. The smallest absolute Gasteiger partial charge is 0.239 e. The molecular formula is C18H16BrClN2O2. The number of hydrogen-bond donors (Lipinski definition) is 1. The molecule has 3 rings (SSSR count). The molecule has 1 heterocycles. The molecule has 6 heteroatoms. The van der Waals surface area contributed by atoms with Gasteiger partial charge in [0, 0.05) is 28.3 Å². The van der Waals surface area contributed by atoms with Crippen LogP contribution in [0.5, 0.6) is 0 Å². The van der Waals surface area contributed by atoms with Crippen LogP contribution in [-0.4, -0.2) is 18.4 Å². The Morgan fingerprint density at radius 1 is 1.25 bits per heavy atom. The van der Waals surface area contributed by atoms with E-state index >= 15 is 0 Å². The molecule has 1 atom stereocenters. The molecule has 0 bridgehead atoms. The second-order valence-corrected chi connectivity index (χ2v) is 7.01. The van der Waals surface area contributed by atoms with Crippen LogP contribution in [0.15, 0.2) is 53.0 Å². The number of benzene rings is 2. The molecule has 1 unspecified atom stereocenters. The highest BCUT2D eigenvalue weighted by molar-refractivity contribution is 9.10. The molecule has 0 aliphatic carbocycles. The van der Waals surface area contributed by atoms with Gasteiger partial charge in [-0.25, -0.2) is 0 Å². The van der Waals surface area contributed by atoms with Gasteiger partial charge in [0.05, 0.1) is 0 Å². The Labute approximate surface area is 153 Å². The molecule has 1 fully saturated rings. The average molecular weight is 408 g/mol. The van der Waals surface area contributed by atoms with Gasteiger partial charge in [-0.3, -0.25) is 9.59 Å². The number of nitrogens with zero attached hydrogens (tertiary/aromatic N) is 1. The van der Waals surface area contributed by atoms with Gasteiger partial charge in [-0.1, -0.05) is 45.7 Å². The van der Waals surface area contributed by atoms with Crippen molar-refractivity contribution in [2.24, 2.45) is 5.92 Å². The van der Waals surface area contributed by atoms with Crippen LogP contribution in [0.1, 0.15) is 12.0 Å². The third-order valence-electron chi connectivity index (χ3n) is 4.00. The van der Waals surface area contributed by atoms with E-state index in [0.717, 1.165) is 15.7 Å². The number of carbonyl (C=O) groups excluding carboxylic acids is 2. The first kappa shape index (κ1) is 17.0. The Morgan fingerprint density at radius 2 is 2.04 bits per heavy atom. The van der Waals surface area contributed by atoms with Crippen molar-refractivity contribution in [3.8, 4) is 0 Å². The zero-order valence-corrected chi connectivity index (χ0v) is 15.2. The molecule has 1 saturated heterocycles. The lowest BCUT2D eigenvalue weighted by atomic mass is 10.1. The number of anilines is 1. The molecule has 24 heavy (non-hydrogen) atoms. The molecule has 0 aromatic heterocycles. The largest absolute Gasteiger partial charge is 0.351 e. The summed E-state index contributed by atoms with van der Waals surface area (Å²) in [6.07, 6.45) is 0.510. The fraction of sp³-hybridized carbons (Fsp3) is 0.222. The minimum Gasteiger partial charge on any atom is -0.351 e. The summed E-state index contributed by atoms with van der Waals surface area (Å²) >= 11 is 9.38. The fourth-order valence-corrected chi connectivity index (χ4v) is 3.41. The highest BCUT2D eigenvalue weighted by Crippen LogP contribution is 2.27. The lowest BCUT2D eigenvalue weighted by Crippen LogP contribution is -2.36. The third kappa shape index (κ3) is 3.79. The van der Waals surface area contributed by atoms with Crippen molar-refractivity contribution >= 4 is 45.0 Å². The van der Waals surface area contributed by atoms with Gasteiger partial charge < -0.3 is 10.2 Å². The van der Waals surface area contributed by atoms with Crippen LogP contribution < -0.4 is 10.2 Å². The van der Waals surface area contributed by atoms with Gasteiger partial charge in [0.25, 0.3) is 0 Å². The Bertz CT molecular complexity index is 781. The quantitative estimate of drug-likeness (QED) is 0.784. The van der Waals surface area contributed by atoms with Crippen molar-refractivity contribution < 1.29 is 9.59 Å². The van der Waals surface area contributed by atoms with E-state index in [0.29, 0.717) is 24.5 Å². The van der Waals surface area contributed by atoms with E-state index < -0.39 is 5.92 Å². The summed E-state index contributed by atoms with van der Waals surface area (Å²) in [6, 6.07) is 14.8. The first-order valence-corrected chi connectivity index (χ1v) is 8.81. The summed E-state index contributed by atoms with van der Waals surface area (Å²) in [5, 5.41) is 3.42. The van der Waals surface area contributed by atoms with Crippen LogP contribution in [-0.2, 0) is 16.1 Å². The molecule has 1 N–H and O–H groups in total. The van der Waals surface area contributed by atoms with Crippen molar-refractivity contribution in [3.63, 3.8) is 0 Å². The molecule has 0 spiro atoms. The fourth-order valence-electron chi connectivity index (χ4n) is 2.78. The number of rotatable bonds is 4. The zero-order valence-electron chi connectivity index (χ0n) is 12.8. The van der Waals surface area contributed by atoms with Crippen LogP contribution in [0.3, 0.4) is 0 Å². The zero-order chi connectivity index (χ0) is 17.1. The second kappa shape index (κ2) is 7.36. The highest BCUT2D eigenvalue weighted by Gasteiger charge is 2.37. The van der Waals surface area contributed by atoms with Crippen LogP contribution in [0.4, 0.5) is 5.69 Å². The van der Waals surface area contributed by atoms with Gasteiger partial charge in [-0.15, -0.1) is 0 Å². The molecule has 4 nitrogen and oxygen atoms in total. The van der Waals surface area contributed by atoms with E-state index in [1.54, 1.807) is 23.1 Å². The third-order valence-corrected chi connectivity index (χ3v) is 4.73. The Hall–Kier alpha value is -1.85. The number of amides is 2. The van der Waals surface area contributed by atoms with Gasteiger partial charge in [-0.05, 0) is 42.3 Å². The van der Waals surface area contributed by atoms with Crippen LogP contribution in [0.25, 0.3) is 0 Å². The first-order valence-electron chi connectivity index (χ1n) is 7.64. The molecular weight excluding hydrogens is 392 g/mol. The average Bonchev–Trinajstić information content (AvgIpc) is 2.94. The number of nitrogens with one attached hydrogen (secondary N) is 1. The first-order chi connectivity index (χ1) is 11.5. The minimum atomic E-state index is -0.642. The van der Waals surface area contributed by atoms with E-state index in [4.69, 9.17) is 11.6 Å². The SMILES string of the molecule is O=C(NCc1cccc(Br)c1)C1CCN(c2cccc(Cl)c2)C1=O. The standard InChI is InChI=1S/C18H16BrClN2O2/c19-13-4-1-3-12(9-13)11-21-17(23)16-7-8-22(18(16)24)15-6-2-5-14(20)10-15/h1-6,9-10,16H,7-8,11H2,(H,21,23). The predicted octanol–water partition coefficient (Wildman–Crippen LogP) is 3.77. The molecule has 2 aromatic rings. The van der Waals surface area contributed by atoms with Crippen LogP contribution in [0.2, 0.25) is 5.02 Å². The number of carbonyl (C=O) groups is 2. The minimum absolute atomic E-state index is 0.177. The molecule has 1 aliphatic rings. The maximum atomic E-state index is 12.5. The molecule has 2 amide bonds. The summed E-state index contributed by atoms with van der Waals surface area (Å²) < 4.78 is 0.957. The van der Waals surface area contributed by atoms with E-state index in [1.807, 2.05) is 30.3 Å². The van der Waals surface area contributed by atoms with E-state index in [-0.39, 0.29) is 11.8 Å².